The van der Waals surface area contributed by atoms with Gasteiger partial charge >= 0.3 is 0 Å². The Hall–Kier alpha value is -1.38. The Labute approximate surface area is 90.8 Å². The number of aromatic nitrogens is 1. The molecule has 2 heterocycles. The van der Waals surface area contributed by atoms with E-state index in [4.69, 9.17) is 0 Å². The average Bonchev–Trinajstić information content (AvgIpc) is 2.68. The Kier molecular flexibility index (Phi) is 2.71. The standard InChI is InChI=1S/C12H17N3/c1-9(2)15-7-6-12(14-15)11-5-4-10(3)13-8-11/h4-5,8-9H,6-7H2,1-3H3. The molecule has 1 aromatic rings. The fourth-order valence-electron chi connectivity index (χ4n) is 1.69. The van der Waals surface area contributed by atoms with Crippen LogP contribution in [0.5, 0.6) is 0 Å². The van der Waals surface area contributed by atoms with Crippen molar-refractivity contribution in [2.24, 2.45) is 5.10 Å². The molecule has 0 atom stereocenters. The summed E-state index contributed by atoms with van der Waals surface area (Å²) >= 11 is 0. The van der Waals surface area contributed by atoms with Gasteiger partial charge in [0.15, 0.2) is 0 Å². The van der Waals surface area contributed by atoms with Crippen LogP contribution in [0.2, 0.25) is 0 Å². The summed E-state index contributed by atoms with van der Waals surface area (Å²) in [6, 6.07) is 4.63. The van der Waals surface area contributed by atoms with Gasteiger partial charge in [-0.05, 0) is 32.9 Å². The number of hydrogen-bond donors (Lipinski definition) is 0. The molecule has 0 aromatic carbocycles. The highest BCUT2D eigenvalue weighted by molar-refractivity contribution is 6.01. The third-order valence-corrected chi connectivity index (χ3v) is 2.67. The normalized spacial score (nSPS) is 16.0. The van der Waals surface area contributed by atoms with Crippen molar-refractivity contribution in [2.45, 2.75) is 33.2 Å². The van der Waals surface area contributed by atoms with E-state index in [0.29, 0.717) is 6.04 Å². The van der Waals surface area contributed by atoms with E-state index in [2.05, 4.69) is 35.0 Å². The zero-order chi connectivity index (χ0) is 10.8. The zero-order valence-electron chi connectivity index (χ0n) is 9.57. The van der Waals surface area contributed by atoms with Crippen LogP contribution in [0.4, 0.5) is 0 Å². The van der Waals surface area contributed by atoms with E-state index in [1.807, 2.05) is 19.2 Å². The molecule has 0 aliphatic carbocycles. The fourth-order valence-corrected chi connectivity index (χ4v) is 1.69. The van der Waals surface area contributed by atoms with Crippen LogP contribution in [-0.2, 0) is 0 Å². The second-order valence-corrected chi connectivity index (χ2v) is 4.24. The molecule has 0 N–H and O–H groups in total. The number of aryl methyl sites for hydroxylation is 1. The lowest BCUT2D eigenvalue weighted by Crippen LogP contribution is -2.22. The molecule has 0 radical (unpaired) electrons. The molecule has 0 bridgehead atoms. The Morgan fingerprint density at radius 1 is 1.33 bits per heavy atom. The molecule has 2 rings (SSSR count). The molecule has 0 unspecified atom stereocenters. The highest BCUT2D eigenvalue weighted by Crippen LogP contribution is 2.15. The van der Waals surface area contributed by atoms with Crippen molar-refractivity contribution in [3.05, 3.63) is 29.6 Å². The number of rotatable bonds is 2. The van der Waals surface area contributed by atoms with Crippen LogP contribution in [0.3, 0.4) is 0 Å². The number of pyridine rings is 1. The summed E-state index contributed by atoms with van der Waals surface area (Å²) in [5.41, 5.74) is 3.37. The van der Waals surface area contributed by atoms with E-state index in [1.165, 1.54) is 0 Å². The van der Waals surface area contributed by atoms with E-state index in [9.17, 15) is 0 Å². The first-order valence-electron chi connectivity index (χ1n) is 5.44. The van der Waals surface area contributed by atoms with Gasteiger partial charge < -0.3 is 0 Å². The van der Waals surface area contributed by atoms with Gasteiger partial charge in [-0.25, -0.2) is 0 Å². The maximum atomic E-state index is 4.60. The molecule has 3 heteroatoms. The van der Waals surface area contributed by atoms with E-state index in [0.717, 1.165) is 29.9 Å². The van der Waals surface area contributed by atoms with Crippen molar-refractivity contribution >= 4 is 5.71 Å². The van der Waals surface area contributed by atoms with Crippen molar-refractivity contribution in [3.8, 4) is 0 Å². The highest BCUT2D eigenvalue weighted by atomic mass is 15.5. The van der Waals surface area contributed by atoms with Gasteiger partial charge in [-0.15, -0.1) is 0 Å². The lowest BCUT2D eigenvalue weighted by molar-refractivity contribution is 0.258. The lowest BCUT2D eigenvalue weighted by atomic mass is 10.1. The second kappa shape index (κ2) is 4.01. The molecule has 0 amide bonds. The van der Waals surface area contributed by atoms with Gasteiger partial charge in [0, 0.05) is 36.5 Å². The summed E-state index contributed by atoms with van der Waals surface area (Å²) in [5, 5.41) is 6.73. The minimum atomic E-state index is 0.487. The minimum Gasteiger partial charge on any atom is -0.294 e. The van der Waals surface area contributed by atoms with Crippen molar-refractivity contribution in [2.75, 3.05) is 6.54 Å². The first-order valence-corrected chi connectivity index (χ1v) is 5.44. The fraction of sp³-hybridized carbons (Fsp3) is 0.500. The van der Waals surface area contributed by atoms with Gasteiger partial charge in [-0.3, -0.25) is 9.99 Å². The summed E-state index contributed by atoms with van der Waals surface area (Å²) in [5.74, 6) is 0. The molecule has 0 saturated carbocycles. The molecular weight excluding hydrogens is 186 g/mol. The van der Waals surface area contributed by atoms with Crippen LogP contribution < -0.4 is 0 Å². The minimum absolute atomic E-state index is 0.487. The molecule has 15 heavy (non-hydrogen) atoms. The van der Waals surface area contributed by atoms with Crippen LogP contribution in [0.25, 0.3) is 0 Å². The topological polar surface area (TPSA) is 28.5 Å². The first kappa shape index (κ1) is 10.1. The lowest BCUT2D eigenvalue weighted by Gasteiger charge is -2.17. The summed E-state index contributed by atoms with van der Waals surface area (Å²) in [6.45, 7) is 7.36. The maximum Gasteiger partial charge on any atom is 0.0711 e. The molecule has 0 fully saturated rings. The molecular formula is C12H17N3. The van der Waals surface area contributed by atoms with Gasteiger partial charge in [-0.2, -0.15) is 5.10 Å². The second-order valence-electron chi connectivity index (χ2n) is 4.24. The molecule has 1 aromatic heterocycles. The highest BCUT2D eigenvalue weighted by Gasteiger charge is 2.17. The Balaban J connectivity index is 2.19. The monoisotopic (exact) mass is 203 g/mol. The largest absolute Gasteiger partial charge is 0.294 e. The predicted molar refractivity (Wildman–Crippen MR) is 62.0 cm³/mol. The van der Waals surface area contributed by atoms with E-state index in [1.54, 1.807) is 0 Å². The number of hydrogen-bond acceptors (Lipinski definition) is 3. The van der Waals surface area contributed by atoms with Crippen molar-refractivity contribution in [1.82, 2.24) is 9.99 Å². The van der Waals surface area contributed by atoms with Crippen LogP contribution >= 0.6 is 0 Å². The summed E-state index contributed by atoms with van der Waals surface area (Å²) in [6.07, 6.45) is 2.95. The third-order valence-electron chi connectivity index (χ3n) is 2.67. The summed E-state index contributed by atoms with van der Waals surface area (Å²) < 4.78 is 0. The first-order chi connectivity index (χ1) is 7.16. The van der Waals surface area contributed by atoms with Crippen LogP contribution in [0.1, 0.15) is 31.5 Å². The molecule has 3 nitrogen and oxygen atoms in total. The van der Waals surface area contributed by atoms with E-state index in [-0.39, 0.29) is 0 Å². The van der Waals surface area contributed by atoms with Crippen molar-refractivity contribution < 1.29 is 0 Å². The molecule has 1 aliphatic heterocycles. The molecule has 1 aliphatic rings. The maximum absolute atomic E-state index is 4.60. The Morgan fingerprint density at radius 2 is 2.13 bits per heavy atom. The third kappa shape index (κ3) is 2.17. The molecule has 0 spiro atoms. The predicted octanol–water partition coefficient (Wildman–Crippen LogP) is 2.21. The molecule has 80 valence electrons. The summed E-state index contributed by atoms with van der Waals surface area (Å²) in [4.78, 5) is 4.29. The van der Waals surface area contributed by atoms with Gasteiger partial charge in [0.05, 0.1) is 5.71 Å². The quantitative estimate of drug-likeness (QED) is 0.737. The van der Waals surface area contributed by atoms with E-state index < -0.39 is 0 Å². The van der Waals surface area contributed by atoms with Gasteiger partial charge in [0.2, 0.25) is 0 Å². The van der Waals surface area contributed by atoms with Gasteiger partial charge in [0.1, 0.15) is 0 Å². The van der Waals surface area contributed by atoms with Crippen LogP contribution in [0.15, 0.2) is 23.4 Å². The SMILES string of the molecule is Cc1ccc(C2=NN(C(C)C)CC2)cn1. The van der Waals surface area contributed by atoms with Crippen molar-refractivity contribution in [1.29, 1.82) is 0 Å². The zero-order valence-corrected chi connectivity index (χ0v) is 9.57. The average molecular weight is 203 g/mol. The Morgan fingerprint density at radius 3 is 2.67 bits per heavy atom. The number of hydrazone groups is 1. The Bertz CT molecular complexity index is 365. The van der Waals surface area contributed by atoms with E-state index >= 15 is 0 Å². The van der Waals surface area contributed by atoms with Crippen LogP contribution in [-0.4, -0.2) is 28.3 Å². The van der Waals surface area contributed by atoms with Gasteiger partial charge in [-0.1, -0.05) is 0 Å². The molecule has 0 saturated heterocycles. The van der Waals surface area contributed by atoms with Gasteiger partial charge in [0.25, 0.3) is 0 Å². The summed E-state index contributed by atoms with van der Waals surface area (Å²) in [7, 11) is 0. The number of nitrogens with zero attached hydrogens (tertiary/aromatic N) is 3. The smallest absolute Gasteiger partial charge is 0.0711 e. The van der Waals surface area contributed by atoms with Crippen LogP contribution in [0, 0.1) is 6.92 Å². The van der Waals surface area contributed by atoms with Crippen molar-refractivity contribution in [3.63, 3.8) is 0 Å².